The van der Waals surface area contributed by atoms with E-state index in [1.54, 1.807) is 74.5 Å². The van der Waals surface area contributed by atoms with Crippen molar-refractivity contribution in [1.82, 2.24) is 0 Å². The first-order valence-electron chi connectivity index (χ1n) is 19.3. The van der Waals surface area contributed by atoms with E-state index in [-0.39, 0.29) is 63.5 Å². The summed E-state index contributed by atoms with van der Waals surface area (Å²) < 4.78 is 11.5. The molecule has 0 saturated heterocycles. The number of ether oxygens (including phenoxy) is 2. The van der Waals surface area contributed by atoms with Gasteiger partial charge in [-0.25, -0.2) is 4.79 Å². The van der Waals surface area contributed by atoms with Crippen LogP contribution in [0.4, 0.5) is 17.1 Å². The molecule has 5 N–H and O–H groups in total. The molecule has 304 valence electrons. The number of aromatic hydroxyl groups is 1. The SMILES string of the molecule is CC(=O)OCC1=CC2C(=O)C3(C=C(C)C(OC(=O)c4ccccc4NC(=O)c4cccc(O)c4NC(=O)c4ccccc4N(C)C)C3(O)C1O)C(C)CC1C2C1(C)C. The minimum absolute atomic E-state index is 0.00978. The standard InChI is InChI=1S/C45H49N3O10/c1-23-21-44-24(2)19-31-35(43(31,4)5)30(38(44)52)20-26(22-57-25(3)49)37(51)45(44,56)39(23)58-42(55)27-13-8-10-16-32(27)46-41(54)29-15-12-18-34(50)36(29)47-40(53)28-14-9-11-17-33(28)48(6)7/h8-18,20-21,24,30-31,35,37,39,50-51,56H,19,22H2,1-7H3,(H,46,54)(H,47,53). The molecular formula is C45H49N3O10. The highest BCUT2D eigenvalue weighted by Crippen LogP contribution is 2.71. The maximum absolute atomic E-state index is 14.9. The van der Waals surface area contributed by atoms with Crippen molar-refractivity contribution in [3.63, 3.8) is 0 Å². The number of benzene rings is 3. The summed E-state index contributed by atoms with van der Waals surface area (Å²) in [6.07, 6.45) is 0.583. The highest BCUT2D eigenvalue weighted by atomic mass is 16.6. The number of nitrogens with zero attached hydrogens (tertiary/aromatic N) is 1. The summed E-state index contributed by atoms with van der Waals surface area (Å²) in [5.41, 5.74) is -3.15. The number of hydrogen-bond acceptors (Lipinski definition) is 11. The Morgan fingerprint density at radius 1 is 0.914 bits per heavy atom. The maximum Gasteiger partial charge on any atom is 0.340 e. The molecule has 58 heavy (non-hydrogen) atoms. The zero-order chi connectivity index (χ0) is 42.1. The van der Waals surface area contributed by atoms with E-state index in [2.05, 4.69) is 24.5 Å². The number of amides is 2. The molecule has 7 rings (SSSR count). The summed E-state index contributed by atoms with van der Waals surface area (Å²) >= 11 is 0. The van der Waals surface area contributed by atoms with Crippen molar-refractivity contribution in [2.24, 2.45) is 34.5 Å². The Balaban J connectivity index is 1.19. The van der Waals surface area contributed by atoms with Crippen LogP contribution in [0.15, 0.2) is 90.0 Å². The first-order chi connectivity index (χ1) is 27.4. The number of phenolic OH excluding ortho intramolecular Hbond substituents is 1. The average molecular weight is 792 g/mol. The van der Waals surface area contributed by atoms with Crippen LogP contribution in [0.25, 0.3) is 0 Å². The number of ketones is 1. The Bertz CT molecular complexity index is 2300. The molecular weight excluding hydrogens is 743 g/mol. The number of carbonyl (C=O) groups excluding carboxylic acids is 5. The van der Waals surface area contributed by atoms with Gasteiger partial charge in [0.2, 0.25) is 0 Å². The van der Waals surface area contributed by atoms with E-state index in [1.807, 2.05) is 6.92 Å². The summed E-state index contributed by atoms with van der Waals surface area (Å²) in [6.45, 7) is 8.56. The van der Waals surface area contributed by atoms with Crippen LogP contribution in [-0.4, -0.2) is 83.4 Å². The van der Waals surface area contributed by atoms with Crippen LogP contribution in [-0.2, 0) is 19.1 Å². The van der Waals surface area contributed by atoms with E-state index in [1.165, 1.54) is 37.3 Å². The molecule has 13 heteroatoms. The molecule has 0 heterocycles. The normalized spacial score (nSPS) is 28.9. The minimum atomic E-state index is -2.39. The molecule has 0 radical (unpaired) electrons. The molecule has 8 unspecified atom stereocenters. The van der Waals surface area contributed by atoms with E-state index in [9.17, 15) is 39.3 Å². The largest absolute Gasteiger partial charge is 0.506 e. The Labute approximate surface area is 336 Å². The molecule has 4 aliphatic carbocycles. The fourth-order valence-corrected chi connectivity index (χ4v) is 9.99. The Kier molecular flexibility index (Phi) is 10.1. The third-order valence-electron chi connectivity index (χ3n) is 12.9. The van der Waals surface area contributed by atoms with Crippen LogP contribution < -0.4 is 15.5 Å². The summed E-state index contributed by atoms with van der Waals surface area (Å²) in [5, 5.41) is 41.4. The number of fused-ring (bicyclic) bond motifs is 3. The van der Waals surface area contributed by atoms with Gasteiger partial charge in [0.25, 0.3) is 11.8 Å². The van der Waals surface area contributed by atoms with Crippen LogP contribution in [0.5, 0.6) is 5.75 Å². The van der Waals surface area contributed by atoms with Crippen molar-refractivity contribution in [2.75, 3.05) is 36.2 Å². The van der Waals surface area contributed by atoms with Gasteiger partial charge in [-0.05, 0) is 84.1 Å². The molecule has 2 amide bonds. The Morgan fingerprint density at radius 2 is 1.55 bits per heavy atom. The van der Waals surface area contributed by atoms with Crippen molar-refractivity contribution in [1.29, 1.82) is 0 Å². The highest BCUT2D eigenvalue weighted by Gasteiger charge is 2.76. The van der Waals surface area contributed by atoms with Gasteiger partial charge in [0.15, 0.2) is 17.5 Å². The van der Waals surface area contributed by atoms with Gasteiger partial charge in [-0.3, -0.25) is 19.2 Å². The van der Waals surface area contributed by atoms with Gasteiger partial charge in [-0.15, -0.1) is 0 Å². The second-order valence-electron chi connectivity index (χ2n) is 16.8. The van der Waals surface area contributed by atoms with E-state index < -0.39 is 58.8 Å². The van der Waals surface area contributed by atoms with Gasteiger partial charge < -0.3 is 40.3 Å². The van der Waals surface area contributed by atoms with Gasteiger partial charge in [-0.1, -0.05) is 63.3 Å². The molecule has 2 saturated carbocycles. The average Bonchev–Trinajstić information content (AvgIpc) is 3.67. The number of allylic oxidation sites excluding steroid dienone is 1. The molecule has 8 atom stereocenters. The number of anilines is 3. The van der Waals surface area contributed by atoms with Crippen LogP contribution >= 0.6 is 0 Å². The van der Waals surface area contributed by atoms with Crippen LogP contribution in [0, 0.1) is 34.5 Å². The molecule has 13 nitrogen and oxygen atoms in total. The third-order valence-corrected chi connectivity index (χ3v) is 12.9. The number of aliphatic hydroxyl groups excluding tert-OH is 1. The van der Waals surface area contributed by atoms with E-state index >= 15 is 0 Å². The quantitative estimate of drug-likeness (QED) is 0.104. The molecule has 0 aromatic heterocycles. The second-order valence-corrected chi connectivity index (χ2v) is 16.8. The van der Waals surface area contributed by atoms with E-state index in [4.69, 9.17) is 9.47 Å². The number of Topliss-reactive ketones (excluding diaryl/α,β-unsaturated/α-hetero) is 1. The predicted octanol–water partition coefficient (Wildman–Crippen LogP) is 5.53. The second kappa shape index (κ2) is 14.5. The lowest BCUT2D eigenvalue weighted by atomic mass is 9.59. The van der Waals surface area contributed by atoms with Gasteiger partial charge in [0.05, 0.1) is 33.5 Å². The van der Waals surface area contributed by atoms with Crippen molar-refractivity contribution in [3.8, 4) is 5.75 Å². The number of carbonyl (C=O) groups is 5. The van der Waals surface area contributed by atoms with Gasteiger partial charge >= 0.3 is 11.9 Å². The summed E-state index contributed by atoms with van der Waals surface area (Å²) in [4.78, 5) is 70.3. The predicted molar refractivity (Wildman–Crippen MR) is 215 cm³/mol. The third kappa shape index (κ3) is 6.27. The monoisotopic (exact) mass is 791 g/mol. The molecule has 2 fully saturated rings. The topological polar surface area (TPSA) is 192 Å². The zero-order valence-corrected chi connectivity index (χ0v) is 33.5. The fourth-order valence-electron chi connectivity index (χ4n) is 9.99. The lowest BCUT2D eigenvalue weighted by Crippen LogP contribution is -2.65. The number of rotatable bonds is 9. The first-order valence-corrected chi connectivity index (χ1v) is 19.3. The van der Waals surface area contributed by atoms with Crippen molar-refractivity contribution < 1.29 is 48.8 Å². The molecule has 2 bridgehead atoms. The zero-order valence-electron chi connectivity index (χ0n) is 33.5. The lowest BCUT2D eigenvalue weighted by molar-refractivity contribution is -0.191. The summed E-state index contributed by atoms with van der Waals surface area (Å²) in [7, 11) is 3.56. The summed E-state index contributed by atoms with van der Waals surface area (Å²) in [5.74, 6) is -4.65. The number of nitrogens with one attached hydrogen (secondary N) is 2. The van der Waals surface area contributed by atoms with E-state index in [0.717, 1.165) is 0 Å². The fraction of sp³-hybridized carbons (Fsp3) is 0.400. The van der Waals surface area contributed by atoms with Gasteiger partial charge in [-0.2, -0.15) is 0 Å². The van der Waals surface area contributed by atoms with Crippen molar-refractivity contribution >= 4 is 46.6 Å². The minimum Gasteiger partial charge on any atom is -0.506 e. The van der Waals surface area contributed by atoms with E-state index in [0.29, 0.717) is 23.2 Å². The number of aliphatic hydroxyl groups is 2. The maximum atomic E-state index is 14.9. The Hall–Kier alpha value is -5.79. The number of esters is 2. The number of phenols is 1. The highest BCUT2D eigenvalue weighted by molar-refractivity contribution is 6.16. The first kappa shape index (κ1) is 40.4. The molecule has 0 aliphatic heterocycles. The summed E-state index contributed by atoms with van der Waals surface area (Å²) in [6, 6.07) is 17.0. The smallest absolute Gasteiger partial charge is 0.340 e. The molecule has 3 aromatic rings. The lowest BCUT2D eigenvalue weighted by Gasteiger charge is -2.48. The molecule has 3 aromatic carbocycles. The van der Waals surface area contributed by atoms with Crippen LogP contribution in [0.3, 0.4) is 0 Å². The van der Waals surface area contributed by atoms with Crippen LogP contribution in [0.1, 0.15) is 72.1 Å². The molecule has 1 spiro atoms. The van der Waals surface area contributed by atoms with Gasteiger partial charge in [0, 0.05) is 32.6 Å². The number of hydrogen-bond donors (Lipinski definition) is 5. The number of para-hydroxylation sites is 3. The Morgan fingerprint density at radius 3 is 2.24 bits per heavy atom. The van der Waals surface area contributed by atoms with Crippen molar-refractivity contribution in [3.05, 3.63) is 107 Å². The molecule has 4 aliphatic rings. The van der Waals surface area contributed by atoms with Crippen LogP contribution in [0.2, 0.25) is 0 Å². The van der Waals surface area contributed by atoms with Crippen molar-refractivity contribution in [2.45, 2.75) is 58.8 Å². The van der Waals surface area contributed by atoms with Gasteiger partial charge in [0.1, 0.15) is 18.5 Å².